The summed E-state index contributed by atoms with van der Waals surface area (Å²) < 4.78 is 27.9. The molecule has 1 aromatic carbocycles. The molecule has 1 unspecified atom stereocenters. The van der Waals surface area contributed by atoms with E-state index in [0.717, 1.165) is 13.0 Å². The molecule has 0 bridgehead atoms. The Morgan fingerprint density at radius 1 is 1.16 bits per heavy atom. The number of hydrogen-bond acceptors (Lipinski definition) is 4. The van der Waals surface area contributed by atoms with Crippen LogP contribution in [0.15, 0.2) is 35.3 Å². The fourth-order valence-electron chi connectivity index (χ4n) is 2.12. The van der Waals surface area contributed by atoms with E-state index in [4.69, 9.17) is 4.74 Å². The molecule has 0 saturated carbocycles. The molecule has 2 N–H and O–H groups in total. The minimum atomic E-state index is -2.90. The number of hydrogen-bond donors (Lipinski definition) is 2. The van der Waals surface area contributed by atoms with Gasteiger partial charge in [-0.2, -0.15) is 0 Å². The topological polar surface area (TPSA) is 79.8 Å². The van der Waals surface area contributed by atoms with Crippen LogP contribution in [0.3, 0.4) is 0 Å². The molecule has 0 radical (unpaired) electrons. The molecule has 1 atom stereocenters. The maximum Gasteiger partial charge on any atom is 0.190 e. The lowest BCUT2D eigenvalue weighted by atomic mass is 10.1. The normalized spacial score (nSPS) is 13.0. The third-order valence-corrected chi connectivity index (χ3v) is 4.49. The zero-order valence-electron chi connectivity index (χ0n) is 15.2. The van der Waals surface area contributed by atoms with E-state index in [9.17, 15) is 8.42 Å². The van der Waals surface area contributed by atoms with Crippen molar-refractivity contribution in [3.8, 4) is 0 Å². The van der Waals surface area contributed by atoms with Gasteiger partial charge in [0.25, 0.3) is 0 Å². The van der Waals surface area contributed by atoms with E-state index in [1.807, 2.05) is 25.1 Å². The number of rotatable bonds is 10. The molecule has 25 heavy (non-hydrogen) atoms. The summed E-state index contributed by atoms with van der Waals surface area (Å²) in [6.07, 6.45) is 2.76. The maximum absolute atomic E-state index is 11.1. The fourth-order valence-corrected chi connectivity index (χ4v) is 2.79. The van der Waals surface area contributed by atoms with Gasteiger partial charge in [0.05, 0.1) is 11.9 Å². The van der Waals surface area contributed by atoms with Gasteiger partial charge in [-0.15, -0.1) is 24.0 Å². The molecule has 0 fully saturated rings. The first-order chi connectivity index (χ1) is 11.4. The summed E-state index contributed by atoms with van der Waals surface area (Å²) in [6, 6.07) is 10.1. The van der Waals surface area contributed by atoms with Crippen molar-refractivity contribution in [2.45, 2.75) is 25.9 Å². The average Bonchev–Trinajstić information content (AvgIpc) is 2.56. The van der Waals surface area contributed by atoms with E-state index in [-0.39, 0.29) is 35.8 Å². The summed E-state index contributed by atoms with van der Waals surface area (Å²) >= 11 is 0. The van der Waals surface area contributed by atoms with Crippen LogP contribution in [0.2, 0.25) is 0 Å². The predicted octanol–water partition coefficient (Wildman–Crippen LogP) is 2.37. The van der Waals surface area contributed by atoms with Crippen molar-refractivity contribution in [1.82, 2.24) is 10.6 Å². The van der Waals surface area contributed by atoms with Crippen molar-refractivity contribution in [3.63, 3.8) is 0 Å². The quantitative estimate of drug-likeness (QED) is 0.231. The van der Waals surface area contributed by atoms with Crippen LogP contribution in [0.25, 0.3) is 0 Å². The highest BCUT2D eigenvalue weighted by Gasteiger charge is 2.05. The van der Waals surface area contributed by atoms with Gasteiger partial charge < -0.3 is 15.4 Å². The van der Waals surface area contributed by atoms with E-state index in [2.05, 4.69) is 27.8 Å². The molecule has 8 heteroatoms. The van der Waals surface area contributed by atoms with Crippen molar-refractivity contribution in [2.75, 3.05) is 38.8 Å². The summed E-state index contributed by atoms with van der Waals surface area (Å²) in [5.74, 6) is 0.863. The summed E-state index contributed by atoms with van der Waals surface area (Å²) in [7, 11) is -1.21. The second-order valence-corrected chi connectivity index (χ2v) is 7.95. The van der Waals surface area contributed by atoms with Crippen LogP contribution in [-0.4, -0.2) is 53.1 Å². The summed E-state index contributed by atoms with van der Waals surface area (Å²) in [6.45, 7) is 4.03. The lowest BCUT2D eigenvalue weighted by molar-refractivity contribution is 0.0646. The molecule has 1 rings (SSSR count). The molecule has 0 heterocycles. The predicted molar refractivity (Wildman–Crippen MR) is 115 cm³/mol. The largest absolute Gasteiger partial charge is 0.374 e. The second-order valence-electron chi connectivity index (χ2n) is 5.69. The van der Waals surface area contributed by atoms with E-state index in [1.54, 1.807) is 7.05 Å². The number of ether oxygens (including phenoxy) is 1. The Morgan fingerprint density at radius 2 is 1.76 bits per heavy atom. The Bertz CT molecular complexity index is 594. The lowest BCUT2D eigenvalue weighted by Gasteiger charge is -2.14. The van der Waals surface area contributed by atoms with Crippen LogP contribution in [-0.2, 0) is 14.6 Å². The fraction of sp³-hybridized carbons (Fsp3) is 0.588. The minimum absolute atomic E-state index is 0. The molecule has 0 aliphatic carbocycles. The van der Waals surface area contributed by atoms with Crippen LogP contribution in [0, 0.1) is 0 Å². The standard InChI is InChI=1S/C17H29N3O3S.HI/c1-15(16-9-5-4-6-10-16)23-13-7-11-19-17(18-2)20-12-8-14-24(3,21)22;/h4-6,9-10,15H,7-8,11-14H2,1-3H3,(H2,18,19,20);1H. The highest BCUT2D eigenvalue weighted by atomic mass is 127. The first-order valence-electron chi connectivity index (χ1n) is 8.21. The highest BCUT2D eigenvalue weighted by molar-refractivity contribution is 14.0. The summed E-state index contributed by atoms with van der Waals surface area (Å²) in [5, 5.41) is 6.29. The van der Waals surface area contributed by atoms with E-state index in [0.29, 0.717) is 25.5 Å². The van der Waals surface area contributed by atoms with Crippen molar-refractivity contribution in [1.29, 1.82) is 0 Å². The van der Waals surface area contributed by atoms with Gasteiger partial charge in [-0.1, -0.05) is 30.3 Å². The number of guanidine groups is 1. The van der Waals surface area contributed by atoms with Gasteiger partial charge in [-0.3, -0.25) is 4.99 Å². The smallest absolute Gasteiger partial charge is 0.190 e. The summed E-state index contributed by atoms with van der Waals surface area (Å²) in [5.41, 5.74) is 1.17. The van der Waals surface area contributed by atoms with Crippen molar-refractivity contribution < 1.29 is 13.2 Å². The number of nitrogens with one attached hydrogen (secondary N) is 2. The molecule has 1 aromatic rings. The molecule has 0 spiro atoms. The zero-order chi connectivity index (χ0) is 17.8. The van der Waals surface area contributed by atoms with Gasteiger partial charge >= 0.3 is 0 Å². The van der Waals surface area contributed by atoms with Crippen LogP contribution >= 0.6 is 24.0 Å². The minimum Gasteiger partial charge on any atom is -0.374 e. The zero-order valence-corrected chi connectivity index (χ0v) is 18.3. The van der Waals surface area contributed by atoms with E-state index >= 15 is 0 Å². The molecule has 0 amide bonds. The molecule has 0 aromatic heterocycles. The Hall–Kier alpha value is -0.870. The highest BCUT2D eigenvalue weighted by Crippen LogP contribution is 2.15. The molecule has 0 aliphatic heterocycles. The third kappa shape index (κ3) is 12.2. The van der Waals surface area contributed by atoms with Crippen LogP contribution in [0.5, 0.6) is 0 Å². The SMILES string of the molecule is CN=C(NCCCOC(C)c1ccccc1)NCCCS(C)(=O)=O.I. The van der Waals surface area contributed by atoms with Gasteiger partial charge in [0.2, 0.25) is 0 Å². The Kier molecular flexibility index (Phi) is 12.9. The van der Waals surface area contributed by atoms with E-state index in [1.165, 1.54) is 11.8 Å². The number of sulfone groups is 1. The van der Waals surface area contributed by atoms with Gasteiger partial charge in [-0.25, -0.2) is 8.42 Å². The number of halogens is 1. The van der Waals surface area contributed by atoms with Crippen LogP contribution < -0.4 is 10.6 Å². The van der Waals surface area contributed by atoms with Crippen LogP contribution in [0.1, 0.15) is 31.4 Å². The number of nitrogens with zero attached hydrogens (tertiary/aromatic N) is 1. The van der Waals surface area contributed by atoms with Crippen LogP contribution in [0.4, 0.5) is 0 Å². The van der Waals surface area contributed by atoms with Crippen molar-refractivity contribution in [3.05, 3.63) is 35.9 Å². The first-order valence-corrected chi connectivity index (χ1v) is 10.3. The molecular formula is C17H30IN3O3S. The molecular weight excluding hydrogens is 453 g/mol. The van der Waals surface area contributed by atoms with E-state index < -0.39 is 9.84 Å². The van der Waals surface area contributed by atoms with Gasteiger partial charge in [0.15, 0.2) is 5.96 Å². The monoisotopic (exact) mass is 483 g/mol. The Balaban J connectivity index is 0.00000576. The van der Waals surface area contributed by atoms with Gasteiger partial charge in [0.1, 0.15) is 9.84 Å². The van der Waals surface area contributed by atoms with Crippen molar-refractivity contribution >= 4 is 39.8 Å². The Morgan fingerprint density at radius 3 is 2.32 bits per heavy atom. The third-order valence-electron chi connectivity index (χ3n) is 3.46. The number of benzene rings is 1. The van der Waals surface area contributed by atoms with Gasteiger partial charge in [-0.05, 0) is 25.3 Å². The molecule has 0 aliphatic rings. The number of aliphatic imine (C=N–C) groups is 1. The lowest BCUT2D eigenvalue weighted by Crippen LogP contribution is -2.38. The average molecular weight is 483 g/mol. The molecule has 6 nitrogen and oxygen atoms in total. The Labute approximate surface area is 168 Å². The molecule has 0 saturated heterocycles. The molecule has 144 valence electrons. The second kappa shape index (κ2) is 13.3. The van der Waals surface area contributed by atoms with Crippen molar-refractivity contribution in [2.24, 2.45) is 4.99 Å². The first kappa shape index (κ1) is 24.1. The maximum atomic E-state index is 11.1. The van der Waals surface area contributed by atoms with Gasteiger partial charge in [0, 0.05) is 33.0 Å². The summed E-state index contributed by atoms with van der Waals surface area (Å²) in [4.78, 5) is 4.11.